The number of methoxy groups -OCH3 is 1. The van der Waals surface area contributed by atoms with Crippen LogP contribution < -0.4 is 10.1 Å². The number of nitrogens with zero attached hydrogens (tertiary/aromatic N) is 1. The molecule has 144 valence electrons. The Hall–Kier alpha value is -2.33. The molecule has 2 aromatic rings. The molecular formula is C23H30N2O2. The van der Waals surface area contributed by atoms with Crippen LogP contribution in [0.2, 0.25) is 0 Å². The van der Waals surface area contributed by atoms with E-state index >= 15 is 0 Å². The van der Waals surface area contributed by atoms with Crippen LogP contribution >= 0.6 is 0 Å². The zero-order valence-electron chi connectivity index (χ0n) is 16.2. The standard InChI is InChI=1S/C23H30N2O2/c1-27-22-10-6-5-9-21(22)18-24-23(26)13-16-25-14-11-20(12-15-25)17-19-7-3-2-4-8-19/h2-10,20H,11-18H2,1H3,(H,24,26). The van der Waals surface area contributed by atoms with Gasteiger partial charge in [0.1, 0.15) is 5.75 Å². The zero-order valence-corrected chi connectivity index (χ0v) is 16.2. The van der Waals surface area contributed by atoms with E-state index in [0.29, 0.717) is 13.0 Å². The summed E-state index contributed by atoms with van der Waals surface area (Å²) < 4.78 is 5.33. The lowest BCUT2D eigenvalue weighted by Crippen LogP contribution is -2.37. The fourth-order valence-electron chi connectivity index (χ4n) is 3.75. The monoisotopic (exact) mass is 366 g/mol. The molecule has 0 bridgehead atoms. The Morgan fingerprint density at radius 1 is 1.07 bits per heavy atom. The molecule has 1 fully saturated rings. The maximum atomic E-state index is 12.2. The fraction of sp³-hybridized carbons (Fsp3) is 0.435. The smallest absolute Gasteiger partial charge is 0.221 e. The van der Waals surface area contributed by atoms with Gasteiger partial charge in [-0.25, -0.2) is 0 Å². The quantitative estimate of drug-likeness (QED) is 0.775. The van der Waals surface area contributed by atoms with Gasteiger partial charge in [0.2, 0.25) is 5.91 Å². The lowest BCUT2D eigenvalue weighted by molar-refractivity contribution is -0.121. The lowest BCUT2D eigenvalue weighted by Gasteiger charge is -2.31. The van der Waals surface area contributed by atoms with Gasteiger partial charge in [-0.3, -0.25) is 4.79 Å². The van der Waals surface area contributed by atoms with Crippen molar-refractivity contribution in [3.8, 4) is 5.75 Å². The van der Waals surface area contributed by atoms with Gasteiger partial charge < -0.3 is 15.0 Å². The molecule has 27 heavy (non-hydrogen) atoms. The van der Waals surface area contributed by atoms with Crippen molar-refractivity contribution < 1.29 is 9.53 Å². The highest BCUT2D eigenvalue weighted by Crippen LogP contribution is 2.21. The van der Waals surface area contributed by atoms with Gasteiger partial charge in [-0.05, 0) is 49.9 Å². The third kappa shape index (κ3) is 6.10. The summed E-state index contributed by atoms with van der Waals surface area (Å²) in [5.41, 5.74) is 2.45. The van der Waals surface area contributed by atoms with E-state index in [2.05, 4.69) is 40.5 Å². The highest BCUT2D eigenvalue weighted by Gasteiger charge is 2.19. The van der Waals surface area contributed by atoms with Crippen LogP contribution in [0.25, 0.3) is 0 Å². The minimum Gasteiger partial charge on any atom is -0.496 e. The minimum absolute atomic E-state index is 0.104. The molecule has 0 aliphatic carbocycles. The van der Waals surface area contributed by atoms with Crippen molar-refractivity contribution in [1.29, 1.82) is 0 Å². The van der Waals surface area contributed by atoms with Crippen LogP contribution in [0, 0.1) is 5.92 Å². The van der Waals surface area contributed by atoms with Gasteiger partial charge >= 0.3 is 0 Å². The summed E-state index contributed by atoms with van der Waals surface area (Å²) in [5.74, 6) is 1.69. The first-order valence-electron chi connectivity index (χ1n) is 9.89. The van der Waals surface area contributed by atoms with Crippen LogP contribution in [0.3, 0.4) is 0 Å². The fourth-order valence-corrected chi connectivity index (χ4v) is 3.75. The Morgan fingerprint density at radius 2 is 1.78 bits per heavy atom. The number of piperidine rings is 1. The molecule has 3 rings (SSSR count). The number of amides is 1. The van der Waals surface area contributed by atoms with E-state index in [1.807, 2.05) is 24.3 Å². The average Bonchev–Trinajstić information content (AvgIpc) is 2.72. The largest absolute Gasteiger partial charge is 0.496 e. The molecule has 1 heterocycles. The van der Waals surface area contributed by atoms with Gasteiger partial charge in [-0.1, -0.05) is 48.5 Å². The highest BCUT2D eigenvalue weighted by molar-refractivity contribution is 5.76. The first kappa shape index (κ1) is 19.4. The van der Waals surface area contributed by atoms with E-state index < -0.39 is 0 Å². The normalized spacial score (nSPS) is 15.4. The molecule has 0 unspecified atom stereocenters. The van der Waals surface area contributed by atoms with E-state index in [-0.39, 0.29) is 5.91 Å². The molecule has 0 radical (unpaired) electrons. The molecule has 1 N–H and O–H groups in total. The summed E-state index contributed by atoms with van der Waals surface area (Å²) in [4.78, 5) is 14.6. The van der Waals surface area contributed by atoms with Crippen molar-refractivity contribution in [1.82, 2.24) is 10.2 Å². The second-order valence-electron chi connectivity index (χ2n) is 7.31. The number of likely N-dealkylation sites (tertiary alicyclic amines) is 1. The van der Waals surface area contributed by atoms with Gasteiger partial charge in [0, 0.05) is 25.1 Å². The van der Waals surface area contributed by atoms with E-state index in [9.17, 15) is 4.79 Å². The van der Waals surface area contributed by atoms with Crippen LogP contribution in [0.15, 0.2) is 54.6 Å². The number of rotatable bonds is 8. The molecule has 0 atom stereocenters. The molecule has 1 aliphatic heterocycles. The molecule has 1 aliphatic rings. The molecular weight excluding hydrogens is 336 g/mol. The average molecular weight is 367 g/mol. The first-order valence-corrected chi connectivity index (χ1v) is 9.89. The van der Waals surface area contributed by atoms with E-state index in [4.69, 9.17) is 4.74 Å². The maximum absolute atomic E-state index is 12.2. The van der Waals surface area contributed by atoms with Gasteiger partial charge in [0.15, 0.2) is 0 Å². The summed E-state index contributed by atoms with van der Waals surface area (Å²) in [5, 5.41) is 3.01. The Labute approximate surface area is 162 Å². The maximum Gasteiger partial charge on any atom is 0.221 e. The van der Waals surface area contributed by atoms with Crippen molar-refractivity contribution >= 4 is 5.91 Å². The predicted octanol–water partition coefficient (Wildman–Crippen LogP) is 3.66. The third-order valence-electron chi connectivity index (χ3n) is 5.40. The second-order valence-corrected chi connectivity index (χ2v) is 7.31. The van der Waals surface area contributed by atoms with Crippen LogP contribution in [0.5, 0.6) is 5.75 Å². The van der Waals surface area contributed by atoms with Crippen LogP contribution in [-0.2, 0) is 17.8 Å². The molecule has 4 nitrogen and oxygen atoms in total. The Bertz CT molecular complexity index is 709. The van der Waals surface area contributed by atoms with Crippen molar-refractivity contribution in [2.75, 3.05) is 26.7 Å². The summed E-state index contributed by atoms with van der Waals surface area (Å²) in [6.07, 6.45) is 4.17. The molecule has 0 saturated carbocycles. The van der Waals surface area contributed by atoms with Crippen molar-refractivity contribution in [3.63, 3.8) is 0 Å². The van der Waals surface area contributed by atoms with Crippen molar-refractivity contribution in [2.45, 2.75) is 32.2 Å². The molecule has 1 saturated heterocycles. The minimum atomic E-state index is 0.104. The number of hydrogen-bond acceptors (Lipinski definition) is 3. The topological polar surface area (TPSA) is 41.6 Å². The van der Waals surface area contributed by atoms with Gasteiger partial charge in [0.25, 0.3) is 0 Å². The number of ether oxygens (including phenoxy) is 1. The molecule has 4 heteroatoms. The summed E-state index contributed by atoms with van der Waals surface area (Å²) >= 11 is 0. The van der Waals surface area contributed by atoms with Crippen molar-refractivity contribution in [2.24, 2.45) is 5.92 Å². The Balaban J connectivity index is 1.34. The van der Waals surface area contributed by atoms with Gasteiger partial charge in [-0.15, -0.1) is 0 Å². The van der Waals surface area contributed by atoms with E-state index in [1.165, 1.54) is 24.8 Å². The molecule has 2 aromatic carbocycles. The van der Waals surface area contributed by atoms with Gasteiger partial charge in [-0.2, -0.15) is 0 Å². The lowest BCUT2D eigenvalue weighted by atomic mass is 9.90. The van der Waals surface area contributed by atoms with Crippen molar-refractivity contribution in [3.05, 3.63) is 65.7 Å². The van der Waals surface area contributed by atoms with Crippen LogP contribution in [-0.4, -0.2) is 37.6 Å². The molecule has 1 amide bonds. The summed E-state index contributed by atoms with van der Waals surface area (Å²) in [6, 6.07) is 18.6. The SMILES string of the molecule is COc1ccccc1CNC(=O)CCN1CCC(Cc2ccccc2)CC1. The summed E-state index contributed by atoms with van der Waals surface area (Å²) in [6.45, 7) is 3.55. The van der Waals surface area contributed by atoms with Crippen LogP contribution in [0.4, 0.5) is 0 Å². The van der Waals surface area contributed by atoms with E-state index in [0.717, 1.165) is 36.9 Å². The molecule has 0 spiro atoms. The zero-order chi connectivity index (χ0) is 18.9. The first-order chi connectivity index (χ1) is 13.2. The number of carbonyl (C=O) groups excluding carboxylic acids is 1. The molecule has 0 aromatic heterocycles. The Morgan fingerprint density at radius 3 is 2.52 bits per heavy atom. The number of benzene rings is 2. The van der Waals surface area contributed by atoms with E-state index in [1.54, 1.807) is 7.11 Å². The highest BCUT2D eigenvalue weighted by atomic mass is 16.5. The predicted molar refractivity (Wildman–Crippen MR) is 109 cm³/mol. The number of hydrogen-bond donors (Lipinski definition) is 1. The number of para-hydroxylation sites is 1. The third-order valence-corrected chi connectivity index (χ3v) is 5.40. The summed E-state index contributed by atoms with van der Waals surface area (Å²) in [7, 11) is 1.65. The number of carbonyl (C=O) groups is 1. The van der Waals surface area contributed by atoms with Crippen LogP contribution in [0.1, 0.15) is 30.4 Å². The van der Waals surface area contributed by atoms with Gasteiger partial charge in [0.05, 0.1) is 7.11 Å². The Kier molecular flexibility index (Phi) is 7.28. The second kappa shape index (κ2) is 10.1. The number of nitrogens with one attached hydrogen (secondary N) is 1.